The Morgan fingerprint density at radius 3 is 2.46 bits per heavy atom. The van der Waals surface area contributed by atoms with Gasteiger partial charge in [0, 0.05) is 36.0 Å². The highest BCUT2D eigenvalue weighted by Crippen LogP contribution is 2.37. The number of benzene rings is 2. The number of nitriles is 1. The molecule has 41 heavy (non-hydrogen) atoms. The Balaban J connectivity index is 0.00000462. The Hall–Kier alpha value is -4.93. The Kier molecular flexibility index (Phi) is 9.33. The number of hydrogen-bond donors (Lipinski definition) is 3. The fourth-order valence-corrected chi connectivity index (χ4v) is 3.88. The lowest BCUT2D eigenvalue weighted by Gasteiger charge is -2.24. The standard InChI is InChI=1S/C27H19F4N5O4.ClH/c28-16-6-7-18(22(37)12-16)21-13-19(20(14-33)24(34-21)35-25(38)23-5-2-10-40-23)15-3-1-4-17(11-15)36(9-8-32)26(39)27(29,30)31;/h1-7,10-13,37H,8-9,32H2,(H,34,35,38);1H. The average Bonchev–Trinajstić information content (AvgIpc) is 3.46. The molecule has 0 radical (unpaired) electrons. The number of carbonyl (C=O) groups is 2. The first-order chi connectivity index (χ1) is 19.0. The number of halogens is 5. The van der Waals surface area contributed by atoms with E-state index in [1.807, 2.05) is 6.07 Å². The number of alkyl halides is 3. The maximum absolute atomic E-state index is 13.7. The van der Waals surface area contributed by atoms with Crippen LogP contribution in [0.2, 0.25) is 0 Å². The van der Waals surface area contributed by atoms with Gasteiger partial charge in [0.15, 0.2) is 11.6 Å². The Labute approximate surface area is 236 Å². The van der Waals surface area contributed by atoms with Crippen molar-refractivity contribution in [3.63, 3.8) is 0 Å². The molecule has 0 atom stereocenters. The lowest BCUT2D eigenvalue weighted by atomic mass is 9.97. The molecule has 2 amide bonds. The molecule has 4 aromatic rings. The number of aromatic nitrogens is 1. The second kappa shape index (κ2) is 12.5. The molecule has 4 rings (SSSR count). The van der Waals surface area contributed by atoms with E-state index in [0.29, 0.717) is 4.90 Å². The zero-order chi connectivity index (χ0) is 29.0. The zero-order valence-electron chi connectivity index (χ0n) is 20.8. The predicted molar refractivity (Wildman–Crippen MR) is 143 cm³/mol. The second-order valence-corrected chi connectivity index (χ2v) is 8.28. The minimum absolute atomic E-state index is 0. The van der Waals surface area contributed by atoms with Gasteiger partial charge >= 0.3 is 12.1 Å². The van der Waals surface area contributed by atoms with Crippen LogP contribution < -0.4 is 16.0 Å². The molecule has 0 aliphatic heterocycles. The molecule has 0 spiro atoms. The van der Waals surface area contributed by atoms with Gasteiger partial charge in [0.1, 0.15) is 23.2 Å². The summed E-state index contributed by atoms with van der Waals surface area (Å²) >= 11 is 0. The Bertz CT molecular complexity index is 1620. The summed E-state index contributed by atoms with van der Waals surface area (Å²) in [4.78, 5) is 29.5. The lowest BCUT2D eigenvalue weighted by molar-refractivity contribution is -0.170. The summed E-state index contributed by atoms with van der Waals surface area (Å²) in [5.74, 6) is -4.50. The van der Waals surface area contributed by atoms with Crippen LogP contribution in [0.3, 0.4) is 0 Å². The monoisotopic (exact) mass is 589 g/mol. The van der Waals surface area contributed by atoms with E-state index in [1.54, 1.807) is 0 Å². The number of nitrogens with one attached hydrogen (secondary N) is 1. The number of phenols is 1. The molecular weight excluding hydrogens is 570 g/mol. The van der Waals surface area contributed by atoms with Gasteiger partial charge in [0.25, 0.3) is 5.91 Å². The van der Waals surface area contributed by atoms with Crippen molar-refractivity contribution < 1.29 is 36.7 Å². The molecule has 2 heterocycles. The molecular formula is C27H20ClF4N5O4. The van der Waals surface area contributed by atoms with Gasteiger partial charge in [-0.3, -0.25) is 9.59 Å². The minimum Gasteiger partial charge on any atom is -0.507 e. The molecule has 2 aromatic heterocycles. The van der Waals surface area contributed by atoms with Crippen LogP contribution in [0.15, 0.2) is 71.3 Å². The average molecular weight is 590 g/mol. The van der Waals surface area contributed by atoms with E-state index >= 15 is 0 Å². The molecule has 0 bridgehead atoms. The van der Waals surface area contributed by atoms with Gasteiger partial charge in [-0.15, -0.1) is 12.4 Å². The molecule has 0 unspecified atom stereocenters. The number of phenolic OH excluding ortho intramolecular Hbond substituents is 1. The van der Waals surface area contributed by atoms with Crippen LogP contribution in [-0.2, 0) is 4.79 Å². The summed E-state index contributed by atoms with van der Waals surface area (Å²) in [6, 6.07) is 14.6. The normalized spacial score (nSPS) is 10.8. The van der Waals surface area contributed by atoms with Gasteiger partial charge < -0.3 is 25.5 Å². The SMILES string of the molecule is Cl.N#Cc1c(-c2cccc(N(CCN)C(=O)C(F)(F)F)c2)cc(-c2ccc(F)cc2O)nc1NC(=O)c1ccco1. The molecule has 0 saturated carbocycles. The van der Waals surface area contributed by atoms with Gasteiger partial charge in [0.05, 0.1) is 12.0 Å². The first-order valence-electron chi connectivity index (χ1n) is 11.5. The number of carbonyl (C=O) groups excluding carboxylic acids is 2. The van der Waals surface area contributed by atoms with Crippen molar-refractivity contribution in [2.75, 3.05) is 23.3 Å². The molecule has 0 fully saturated rings. The maximum Gasteiger partial charge on any atom is 0.471 e. The summed E-state index contributed by atoms with van der Waals surface area (Å²) in [5.41, 5.74) is 5.40. The Morgan fingerprint density at radius 1 is 1.10 bits per heavy atom. The fourth-order valence-electron chi connectivity index (χ4n) is 3.88. The first-order valence-corrected chi connectivity index (χ1v) is 11.5. The lowest BCUT2D eigenvalue weighted by Crippen LogP contribution is -2.43. The summed E-state index contributed by atoms with van der Waals surface area (Å²) in [6.07, 6.45) is -3.91. The van der Waals surface area contributed by atoms with Crippen molar-refractivity contribution in [3.8, 4) is 34.2 Å². The third kappa shape index (κ3) is 6.63. The number of rotatable bonds is 7. The zero-order valence-corrected chi connectivity index (χ0v) is 21.6. The molecule has 0 aliphatic rings. The molecule has 14 heteroatoms. The minimum atomic E-state index is -5.17. The van der Waals surface area contributed by atoms with Crippen LogP contribution in [0.1, 0.15) is 16.1 Å². The molecule has 0 aliphatic carbocycles. The topological polar surface area (TPSA) is 145 Å². The smallest absolute Gasteiger partial charge is 0.471 e. The van der Waals surface area contributed by atoms with Crippen molar-refractivity contribution in [1.29, 1.82) is 5.26 Å². The van der Waals surface area contributed by atoms with Gasteiger partial charge in [-0.25, -0.2) is 9.37 Å². The van der Waals surface area contributed by atoms with Crippen LogP contribution >= 0.6 is 12.4 Å². The van der Waals surface area contributed by atoms with Gasteiger partial charge in [0.2, 0.25) is 0 Å². The highest BCUT2D eigenvalue weighted by molar-refractivity contribution is 6.03. The number of pyridine rings is 1. The fraction of sp³-hybridized carbons (Fsp3) is 0.111. The first kappa shape index (κ1) is 30.6. The van der Waals surface area contributed by atoms with Gasteiger partial charge in [-0.1, -0.05) is 12.1 Å². The van der Waals surface area contributed by atoms with E-state index in [9.17, 15) is 37.5 Å². The van der Waals surface area contributed by atoms with Gasteiger partial charge in [-0.2, -0.15) is 18.4 Å². The summed E-state index contributed by atoms with van der Waals surface area (Å²) < 4.78 is 58.5. The number of anilines is 2. The number of hydrogen-bond acceptors (Lipinski definition) is 7. The van der Waals surface area contributed by atoms with Crippen molar-refractivity contribution in [1.82, 2.24) is 4.98 Å². The maximum atomic E-state index is 13.7. The van der Waals surface area contributed by atoms with Crippen LogP contribution in [-0.4, -0.2) is 41.2 Å². The summed E-state index contributed by atoms with van der Waals surface area (Å²) in [5, 5.41) is 22.8. The number of aromatic hydroxyl groups is 1. The van der Waals surface area contributed by atoms with E-state index in [-0.39, 0.29) is 64.2 Å². The number of amides is 2. The van der Waals surface area contributed by atoms with E-state index in [1.165, 1.54) is 54.8 Å². The van der Waals surface area contributed by atoms with E-state index < -0.39 is 36.1 Å². The van der Waals surface area contributed by atoms with Crippen LogP contribution in [0.4, 0.5) is 29.1 Å². The van der Waals surface area contributed by atoms with Crippen LogP contribution in [0, 0.1) is 17.1 Å². The number of nitrogens with two attached hydrogens (primary N) is 1. The van der Waals surface area contributed by atoms with E-state index in [4.69, 9.17) is 10.2 Å². The third-order valence-electron chi connectivity index (χ3n) is 5.65. The molecule has 2 aromatic carbocycles. The van der Waals surface area contributed by atoms with E-state index in [2.05, 4.69) is 10.3 Å². The number of nitrogens with zero attached hydrogens (tertiary/aromatic N) is 3. The van der Waals surface area contributed by atoms with Crippen molar-refractivity contribution in [2.24, 2.45) is 5.73 Å². The highest BCUT2D eigenvalue weighted by atomic mass is 35.5. The summed E-state index contributed by atoms with van der Waals surface area (Å²) in [7, 11) is 0. The molecule has 0 saturated heterocycles. The largest absolute Gasteiger partial charge is 0.507 e. The quantitative estimate of drug-likeness (QED) is 0.249. The predicted octanol–water partition coefficient (Wildman–Crippen LogP) is 5.25. The van der Waals surface area contributed by atoms with Gasteiger partial charge in [-0.05, 0) is 48.0 Å². The van der Waals surface area contributed by atoms with Crippen molar-refractivity contribution in [3.05, 3.63) is 84.1 Å². The summed E-state index contributed by atoms with van der Waals surface area (Å²) in [6.45, 7) is -0.704. The van der Waals surface area contributed by atoms with Crippen LogP contribution in [0.25, 0.3) is 22.4 Å². The molecule has 9 nitrogen and oxygen atoms in total. The van der Waals surface area contributed by atoms with Crippen LogP contribution in [0.5, 0.6) is 5.75 Å². The molecule has 212 valence electrons. The van der Waals surface area contributed by atoms with Crippen molar-refractivity contribution in [2.45, 2.75) is 6.18 Å². The highest BCUT2D eigenvalue weighted by Gasteiger charge is 2.42. The second-order valence-electron chi connectivity index (χ2n) is 8.28. The Morgan fingerprint density at radius 2 is 1.85 bits per heavy atom. The van der Waals surface area contributed by atoms with E-state index in [0.717, 1.165) is 12.1 Å². The number of furan rings is 1. The van der Waals surface area contributed by atoms with Crippen molar-refractivity contribution >= 4 is 35.7 Å². The third-order valence-corrected chi connectivity index (χ3v) is 5.65. The molecule has 4 N–H and O–H groups in total.